The van der Waals surface area contributed by atoms with Crippen LogP contribution >= 0.6 is 0 Å². The van der Waals surface area contributed by atoms with Crippen LogP contribution in [0.25, 0.3) is 0 Å². The molecule has 2 saturated heterocycles. The second-order valence-electron chi connectivity index (χ2n) is 5.20. The third-order valence-corrected chi connectivity index (χ3v) is 4.05. The number of fused-ring (bicyclic) bond motifs is 2. The minimum atomic E-state index is 0.0790. The zero-order valence-corrected chi connectivity index (χ0v) is 10.6. The Morgan fingerprint density at radius 1 is 1.61 bits per heavy atom. The molecule has 2 bridgehead atoms. The van der Waals surface area contributed by atoms with E-state index in [2.05, 4.69) is 10.4 Å². The van der Waals surface area contributed by atoms with Crippen molar-refractivity contribution in [3.8, 4) is 0 Å². The number of aryl methyl sites for hydroxylation is 1. The van der Waals surface area contributed by atoms with E-state index in [9.17, 15) is 4.79 Å². The molecule has 0 saturated carbocycles. The Kier molecular flexibility index (Phi) is 3.07. The Morgan fingerprint density at radius 2 is 2.50 bits per heavy atom. The SMILES string of the molecule is Cn1nccc1CCNC(=O)[C@H]1C[C@@H]2CC[C@H]1O2. The van der Waals surface area contributed by atoms with E-state index >= 15 is 0 Å². The van der Waals surface area contributed by atoms with Crippen LogP contribution in [0.15, 0.2) is 12.3 Å². The zero-order valence-electron chi connectivity index (χ0n) is 10.6. The van der Waals surface area contributed by atoms with Crippen molar-refractivity contribution in [2.24, 2.45) is 13.0 Å². The van der Waals surface area contributed by atoms with Gasteiger partial charge in [0, 0.05) is 31.9 Å². The minimum absolute atomic E-state index is 0.0790. The molecule has 1 aromatic heterocycles. The van der Waals surface area contributed by atoms with E-state index in [0.717, 1.165) is 31.4 Å². The van der Waals surface area contributed by atoms with Crippen LogP contribution in [0.4, 0.5) is 0 Å². The lowest BCUT2D eigenvalue weighted by Crippen LogP contribution is -2.37. The molecule has 2 aliphatic heterocycles. The Hall–Kier alpha value is -1.36. The maximum absolute atomic E-state index is 12.0. The van der Waals surface area contributed by atoms with Crippen molar-refractivity contribution < 1.29 is 9.53 Å². The first-order valence-electron chi connectivity index (χ1n) is 6.64. The number of aromatic nitrogens is 2. The number of hydrogen-bond acceptors (Lipinski definition) is 3. The van der Waals surface area contributed by atoms with Gasteiger partial charge in [-0.2, -0.15) is 5.10 Å². The van der Waals surface area contributed by atoms with Crippen LogP contribution in [0, 0.1) is 5.92 Å². The zero-order chi connectivity index (χ0) is 12.5. The molecule has 0 aliphatic carbocycles. The van der Waals surface area contributed by atoms with E-state index in [0.29, 0.717) is 12.6 Å². The summed E-state index contributed by atoms with van der Waals surface area (Å²) in [5, 5.41) is 7.12. The van der Waals surface area contributed by atoms with E-state index in [-0.39, 0.29) is 17.9 Å². The van der Waals surface area contributed by atoms with Gasteiger partial charge in [0.2, 0.25) is 5.91 Å². The second kappa shape index (κ2) is 4.72. The molecular weight excluding hydrogens is 230 g/mol. The molecule has 0 aromatic carbocycles. The fraction of sp³-hybridized carbons (Fsp3) is 0.692. The number of carbonyl (C=O) groups is 1. The standard InChI is InChI=1S/C13H19N3O2/c1-16-9(5-7-15-16)4-6-14-13(17)11-8-10-2-3-12(11)18-10/h5,7,10-12H,2-4,6,8H2,1H3,(H,14,17)/t10-,11-,12+/m0/s1. The predicted octanol–water partition coefficient (Wildman–Crippen LogP) is 0.646. The molecule has 2 fully saturated rings. The summed E-state index contributed by atoms with van der Waals surface area (Å²) >= 11 is 0. The summed E-state index contributed by atoms with van der Waals surface area (Å²) in [7, 11) is 1.92. The highest BCUT2D eigenvalue weighted by atomic mass is 16.5. The maximum atomic E-state index is 12.0. The smallest absolute Gasteiger partial charge is 0.225 e. The van der Waals surface area contributed by atoms with Gasteiger partial charge in [-0.1, -0.05) is 0 Å². The number of ether oxygens (including phenoxy) is 1. The normalized spacial score (nSPS) is 29.7. The largest absolute Gasteiger partial charge is 0.374 e. The van der Waals surface area contributed by atoms with E-state index < -0.39 is 0 Å². The lowest BCUT2D eigenvalue weighted by atomic mass is 9.88. The Labute approximate surface area is 107 Å². The van der Waals surface area contributed by atoms with Gasteiger partial charge in [-0.15, -0.1) is 0 Å². The van der Waals surface area contributed by atoms with Crippen molar-refractivity contribution in [1.82, 2.24) is 15.1 Å². The lowest BCUT2D eigenvalue weighted by Gasteiger charge is -2.17. The molecule has 1 aromatic rings. The van der Waals surface area contributed by atoms with Gasteiger partial charge in [0.25, 0.3) is 0 Å². The number of rotatable bonds is 4. The topological polar surface area (TPSA) is 56.2 Å². The van der Waals surface area contributed by atoms with Gasteiger partial charge in [0.1, 0.15) is 0 Å². The minimum Gasteiger partial charge on any atom is -0.374 e. The van der Waals surface area contributed by atoms with Crippen LogP contribution in [0.2, 0.25) is 0 Å². The number of amides is 1. The van der Waals surface area contributed by atoms with Gasteiger partial charge in [0.05, 0.1) is 18.1 Å². The van der Waals surface area contributed by atoms with Gasteiger partial charge < -0.3 is 10.1 Å². The molecule has 0 spiro atoms. The first-order valence-corrected chi connectivity index (χ1v) is 6.64. The number of carbonyl (C=O) groups excluding carboxylic acids is 1. The summed E-state index contributed by atoms with van der Waals surface area (Å²) in [6, 6.07) is 1.98. The van der Waals surface area contributed by atoms with Crippen LogP contribution < -0.4 is 5.32 Å². The van der Waals surface area contributed by atoms with Crippen LogP contribution in [0.3, 0.4) is 0 Å². The number of nitrogens with one attached hydrogen (secondary N) is 1. The van der Waals surface area contributed by atoms with Crippen LogP contribution in [-0.2, 0) is 23.0 Å². The van der Waals surface area contributed by atoms with E-state index in [1.165, 1.54) is 0 Å². The average Bonchev–Trinajstić information content (AvgIpc) is 3.06. The Balaban J connectivity index is 1.46. The molecule has 18 heavy (non-hydrogen) atoms. The van der Waals surface area contributed by atoms with Crippen LogP contribution in [0.1, 0.15) is 25.0 Å². The summed E-state index contributed by atoms with van der Waals surface area (Å²) in [5.41, 5.74) is 1.14. The van der Waals surface area contributed by atoms with Gasteiger partial charge in [-0.05, 0) is 25.3 Å². The van der Waals surface area contributed by atoms with Crippen molar-refractivity contribution in [2.75, 3.05) is 6.54 Å². The molecule has 3 heterocycles. The molecule has 5 nitrogen and oxygen atoms in total. The molecule has 0 unspecified atom stereocenters. The Bertz CT molecular complexity index is 443. The molecule has 3 atom stereocenters. The lowest BCUT2D eigenvalue weighted by molar-refractivity contribution is -0.126. The third kappa shape index (κ3) is 2.14. The van der Waals surface area contributed by atoms with Crippen molar-refractivity contribution in [3.05, 3.63) is 18.0 Å². The summed E-state index contributed by atoms with van der Waals surface area (Å²) in [5.74, 6) is 0.236. The summed E-state index contributed by atoms with van der Waals surface area (Å²) in [6.45, 7) is 0.673. The van der Waals surface area contributed by atoms with Crippen molar-refractivity contribution in [3.63, 3.8) is 0 Å². The first kappa shape index (κ1) is 11.7. The highest BCUT2D eigenvalue weighted by Crippen LogP contribution is 2.38. The van der Waals surface area contributed by atoms with E-state index in [1.807, 2.05) is 17.8 Å². The van der Waals surface area contributed by atoms with Gasteiger partial charge >= 0.3 is 0 Å². The highest BCUT2D eigenvalue weighted by molar-refractivity contribution is 5.79. The fourth-order valence-corrected chi connectivity index (χ4v) is 3.01. The molecular formula is C13H19N3O2. The summed E-state index contributed by atoms with van der Waals surface area (Å²) in [6.07, 6.45) is 6.19. The molecule has 1 amide bonds. The molecule has 0 radical (unpaired) electrons. The molecule has 98 valence electrons. The van der Waals surface area contributed by atoms with Gasteiger partial charge in [-0.3, -0.25) is 9.48 Å². The number of nitrogens with zero attached hydrogens (tertiary/aromatic N) is 2. The summed E-state index contributed by atoms with van der Waals surface area (Å²) in [4.78, 5) is 12.0. The maximum Gasteiger partial charge on any atom is 0.225 e. The predicted molar refractivity (Wildman–Crippen MR) is 65.9 cm³/mol. The highest BCUT2D eigenvalue weighted by Gasteiger charge is 2.44. The van der Waals surface area contributed by atoms with E-state index in [4.69, 9.17) is 4.74 Å². The van der Waals surface area contributed by atoms with Crippen LogP contribution in [0.5, 0.6) is 0 Å². The molecule has 1 N–H and O–H groups in total. The third-order valence-electron chi connectivity index (χ3n) is 4.05. The van der Waals surface area contributed by atoms with E-state index in [1.54, 1.807) is 6.20 Å². The summed E-state index contributed by atoms with van der Waals surface area (Å²) < 4.78 is 7.54. The monoisotopic (exact) mass is 249 g/mol. The Morgan fingerprint density at radius 3 is 3.11 bits per heavy atom. The van der Waals surface area contributed by atoms with Gasteiger partial charge in [-0.25, -0.2) is 0 Å². The van der Waals surface area contributed by atoms with Crippen molar-refractivity contribution in [1.29, 1.82) is 0 Å². The average molecular weight is 249 g/mol. The molecule has 3 rings (SSSR count). The number of hydrogen-bond donors (Lipinski definition) is 1. The van der Waals surface area contributed by atoms with Crippen molar-refractivity contribution in [2.45, 2.75) is 37.9 Å². The molecule has 2 aliphatic rings. The van der Waals surface area contributed by atoms with Gasteiger partial charge in [0.15, 0.2) is 0 Å². The molecule has 5 heteroatoms. The van der Waals surface area contributed by atoms with Crippen molar-refractivity contribution >= 4 is 5.91 Å². The quantitative estimate of drug-likeness (QED) is 0.852. The fourth-order valence-electron chi connectivity index (χ4n) is 3.01. The first-order chi connectivity index (χ1) is 8.74. The van der Waals surface area contributed by atoms with Crippen LogP contribution in [-0.4, -0.2) is 34.4 Å². The second-order valence-corrected chi connectivity index (χ2v) is 5.20.